The van der Waals surface area contributed by atoms with Gasteiger partial charge in [-0.3, -0.25) is 0 Å². The smallest absolute Gasteiger partial charge is 0 e. The fourth-order valence-electron chi connectivity index (χ4n) is 0. The van der Waals surface area contributed by atoms with Crippen LogP contribution in [0.4, 0.5) is 0 Å². The van der Waals surface area contributed by atoms with Gasteiger partial charge in [0.1, 0.15) is 0 Å². The van der Waals surface area contributed by atoms with Gasteiger partial charge in [-0.05, 0) is 20.8 Å². The van der Waals surface area contributed by atoms with E-state index in [0.717, 1.165) is 0 Å². The molecule has 0 aliphatic carbocycles. The van der Waals surface area contributed by atoms with Crippen LogP contribution in [-0.2, 0) is 22.4 Å². The number of amidine groups is 3. The Balaban J connectivity index is -0.0000000865. The van der Waals surface area contributed by atoms with E-state index >= 15 is 0 Å². The molecule has 0 saturated carbocycles. The third-order valence-electron chi connectivity index (χ3n) is 1.94. The summed E-state index contributed by atoms with van der Waals surface area (Å²) in [4.78, 5) is 4.92. The van der Waals surface area contributed by atoms with Gasteiger partial charge >= 0.3 is 0 Å². The van der Waals surface area contributed by atoms with Gasteiger partial charge < -0.3 is 30.9 Å². The molecule has 0 amide bonds. The second-order valence-electron chi connectivity index (χ2n) is 4.32. The summed E-state index contributed by atoms with van der Waals surface area (Å²) in [5.74, 6) is 1.03. The fraction of sp³-hybridized carbons (Fsp3) is 0.750. The van der Waals surface area contributed by atoms with Crippen LogP contribution in [0.25, 0.3) is 16.2 Å². The largest absolute Gasteiger partial charge is 0.478 e. The van der Waals surface area contributed by atoms with Gasteiger partial charge in [0.2, 0.25) is 0 Å². The van der Waals surface area contributed by atoms with Crippen molar-refractivity contribution < 1.29 is 22.4 Å². The molecule has 1 radical (unpaired) electrons. The second-order valence-corrected chi connectivity index (χ2v) is 4.32. The van der Waals surface area contributed by atoms with Crippen LogP contribution >= 0.6 is 0 Å². The van der Waals surface area contributed by atoms with Gasteiger partial charge in [0, 0.05) is 22.4 Å². The molecule has 0 unspecified atom stereocenters. The molecule has 0 N–H and O–H groups in total. The molecule has 0 spiro atoms. The van der Waals surface area contributed by atoms with Crippen LogP contribution in [0.5, 0.6) is 0 Å². The van der Waals surface area contributed by atoms with Gasteiger partial charge in [-0.25, -0.2) is 0 Å². The van der Waals surface area contributed by atoms with Crippen LogP contribution < -0.4 is 0 Å². The zero-order chi connectivity index (χ0) is 15.5. The van der Waals surface area contributed by atoms with Gasteiger partial charge in [0.15, 0.2) is 0 Å². The average Bonchev–Trinajstić information content (AvgIpc) is 2.18. The van der Waals surface area contributed by atoms with Crippen LogP contribution in [-0.4, -0.2) is 74.5 Å². The zero-order valence-corrected chi connectivity index (χ0v) is 16.8. The van der Waals surface area contributed by atoms with Gasteiger partial charge in [0.05, 0.1) is 0 Å². The molecule has 0 heterocycles. The maximum atomic E-state index is 8.47. The molecule has 0 aliphatic heterocycles. The Bertz CT molecular complexity index is 218. The summed E-state index contributed by atoms with van der Waals surface area (Å²) in [7, 11) is 10.7. The zero-order valence-electron chi connectivity index (χ0n) is 13.6. The van der Waals surface area contributed by atoms with Crippen LogP contribution in [0.3, 0.4) is 0 Å². The summed E-state index contributed by atoms with van der Waals surface area (Å²) in [6.07, 6.45) is 0. The van der Waals surface area contributed by atoms with E-state index in [9.17, 15) is 0 Å². The molecule has 0 aromatic rings. The summed E-state index contributed by atoms with van der Waals surface area (Å²) in [6, 6.07) is 0. The van der Waals surface area contributed by atoms with E-state index in [4.69, 9.17) is 16.2 Å². The van der Waals surface area contributed by atoms with Crippen molar-refractivity contribution in [2.45, 2.75) is 20.8 Å². The normalized spacial score (nSPS) is 7.42. The monoisotopic (exact) mass is 436 g/mol. The first-order valence-electron chi connectivity index (χ1n) is 5.52. The Morgan fingerprint density at radius 2 is 0.579 bits per heavy atom. The second kappa shape index (κ2) is 15.2. The molecule has 0 rings (SSSR count). The third-order valence-corrected chi connectivity index (χ3v) is 1.94. The van der Waals surface area contributed by atoms with E-state index in [1.807, 2.05) is 0 Å². The van der Waals surface area contributed by atoms with E-state index in [0.29, 0.717) is 17.5 Å². The first-order valence-corrected chi connectivity index (χ1v) is 5.52. The van der Waals surface area contributed by atoms with Crippen molar-refractivity contribution in [3.8, 4) is 0 Å². The number of nitrogens with zero attached hydrogens (tertiary/aromatic N) is 6. The van der Waals surface area contributed by atoms with E-state index in [-0.39, 0.29) is 22.4 Å². The Labute approximate surface area is 134 Å². The maximum absolute atomic E-state index is 8.47. The molecule has 0 aromatic carbocycles. The number of rotatable bonds is 0. The quantitative estimate of drug-likeness (QED) is 0.428. The summed E-state index contributed by atoms with van der Waals surface area (Å²) in [6.45, 7) is 4.92. The first-order chi connectivity index (χ1) is 7.93. The molecule has 113 valence electrons. The van der Waals surface area contributed by atoms with Crippen molar-refractivity contribution in [1.82, 2.24) is 14.7 Å². The molecule has 0 atom stereocenters. The number of hydrogen-bond donors (Lipinski definition) is 0. The van der Waals surface area contributed by atoms with Crippen molar-refractivity contribution in [3.05, 3.63) is 16.2 Å². The molecule has 7 heteroatoms. The molecule has 6 nitrogen and oxygen atoms in total. The molecule has 0 aromatic heterocycles. The van der Waals surface area contributed by atoms with Crippen molar-refractivity contribution in [1.29, 1.82) is 0 Å². The first kappa shape index (κ1) is 26.7. The van der Waals surface area contributed by atoms with Crippen LogP contribution in [0, 0.1) is 0 Å². The predicted molar refractivity (Wildman–Crippen MR) is 83.2 cm³/mol. The Morgan fingerprint density at radius 3 is 0.579 bits per heavy atom. The van der Waals surface area contributed by atoms with Gasteiger partial charge in [-0.15, -0.1) is 0 Å². The average molecular weight is 436 g/mol. The number of hydrogen-bond acceptors (Lipinski definition) is 0. The van der Waals surface area contributed by atoms with Crippen LogP contribution in [0.1, 0.15) is 20.8 Å². The minimum Gasteiger partial charge on any atom is -0.478 e. The molecule has 0 aliphatic rings. The summed E-state index contributed by atoms with van der Waals surface area (Å²) >= 11 is 0. The summed E-state index contributed by atoms with van der Waals surface area (Å²) in [5.41, 5.74) is 0. The Hall–Kier alpha value is -0.850. The van der Waals surface area contributed by atoms with E-state index in [2.05, 4.69) is 0 Å². The van der Waals surface area contributed by atoms with Crippen molar-refractivity contribution in [2.24, 2.45) is 0 Å². The molecule has 0 fully saturated rings. The van der Waals surface area contributed by atoms with Crippen molar-refractivity contribution in [2.75, 3.05) is 42.3 Å². The molecular weight excluding hydrogens is 409 g/mol. The van der Waals surface area contributed by atoms with Crippen LogP contribution in [0.2, 0.25) is 0 Å². The molecule has 0 saturated heterocycles. The minimum atomic E-state index is 0. The predicted octanol–water partition coefficient (Wildman–Crippen LogP) is 1.60. The Morgan fingerprint density at radius 1 is 0.526 bits per heavy atom. The minimum absolute atomic E-state index is 0. The van der Waals surface area contributed by atoms with Crippen molar-refractivity contribution >= 4 is 17.5 Å². The van der Waals surface area contributed by atoms with Crippen LogP contribution in [0.15, 0.2) is 0 Å². The van der Waals surface area contributed by atoms with Gasteiger partial charge in [-0.1, -0.05) is 59.8 Å². The molecule has 0 bridgehead atoms. The summed E-state index contributed by atoms with van der Waals surface area (Å²) < 4.78 is 0. The van der Waals surface area contributed by atoms with Crippen molar-refractivity contribution in [3.63, 3.8) is 0 Å². The van der Waals surface area contributed by atoms with E-state index in [1.165, 1.54) is 0 Å². The molecule has 19 heavy (non-hydrogen) atoms. The topological polar surface area (TPSA) is 76.6 Å². The van der Waals surface area contributed by atoms with Gasteiger partial charge in [-0.2, -0.15) is 0 Å². The van der Waals surface area contributed by atoms with Gasteiger partial charge in [0.25, 0.3) is 0 Å². The SMILES string of the molecule is CC(=[N-])N(C)C.CC(=[N-])N(C)C.CC(=[N-])N(C)C.[Ta]. The molecular formula is C12H27N6Ta-3. The third kappa shape index (κ3) is 31.7. The standard InChI is InChI=1S/3C4H9N2.Ta/c3*1-4(5)6(2)3;/h3*1-3H3;/q3*-1;. The fourth-order valence-corrected chi connectivity index (χ4v) is 0. The summed E-state index contributed by atoms with van der Waals surface area (Å²) in [5, 5.41) is 25.4. The van der Waals surface area contributed by atoms with E-state index < -0.39 is 0 Å². The van der Waals surface area contributed by atoms with E-state index in [1.54, 1.807) is 77.8 Å². The Kier molecular flexibility index (Phi) is 21.3. The maximum Gasteiger partial charge on any atom is 0 e.